The first-order valence-corrected chi connectivity index (χ1v) is 7.58. The first kappa shape index (κ1) is 12.0. The molecule has 1 aliphatic carbocycles. The second-order valence-electron chi connectivity index (χ2n) is 6.08. The van der Waals surface area contributed by atoms with Gasteiger partial charge in [-0.2, -0.15) is 5.10 Å². The fourth-order valence-electron chi connectivity index (χ4n) is 3.21. The zero-order valence-corrected chi connectivity index (χ0v) is 12.0. The smallest absolute Gasteiger partial charge is 0.275 e. The normalized spacial score (nSPS) is 17.2. The van der Waals surface area contributed by atoms with Crippen LogP contribution in [0.15, 0.2) is 30.6 Å². The molecule has 0 spiro atoms. The zero-order chi connectivity index (χ0) is 14.7. The fourth-order valence-corrected chi connectivity index (χ4v) is 3.21. The summed E-state index contributed by atoms with van der Waals surface area (Å²) in [5, 5.41) is 6.97. The minimum absolute atomic E-state index is 0.000185. The lowest BCUT2D eigenvalue weighted by atomic mass is 10.3. The first-order valence-electron chi connectivity index (χ1n) is 7.58. The number of pyridine rings is 1. The summed E-state index contributed by atoms with van der Waals surface area (Å²) in [6.07, 6.45) is 6.13. The Labute approximate surface area is 126 Å². The molecule has 0 saturated heterocycles. The number of H-pyrrole nitrogens is 1. The van der Waals surface area contributed by atoms with Gasteiger partial charge < -0.3 is 9.30 Å². The Balaban J connectivity index is 1.56. The van der Waals surface area contributed by atoms with E-state index in [0.717, 1.165) is 22.6 Å². The molecule has 1 saturated carbocycles. The van der Waals surface area contributed by atoms with E-state index in [-0.39, 0.29) is 5.91 Å². The molecule has 6 nitrogen and oxygen atoms in total. The topological polar surface area (TPSA) is 66.3 Å². The highest BCUT2D eigenvalue weighted by Crippen LogP contribution is 2.40. The molecule has 1 amide bonds. The lowest BCUT2D eigenvalue weighted by Gasteiger charge is -2.13. The van der Waals surface area contributed by atoms with Gasteiger partial charge in [-0.25, -0.2) is 4.98 Å². The summed E-state index contributed by atoms with van der Waals surface area (Å²) in [5.41, 5.74) is 3.60. The van der Waals surface area contributed by atoms with E-state index in [0.29, 0.717) is 24.7 Å². The lowest BCUT2D eigenvalue weighted by molar-refractivity contribution is 0.0746. The van der Waals surface area contributed by atoms with Crippen LogP contribution in [0.4, 0.5) is 0 Å². The molecular formula is C16H15N5O. The molecule has 0 atom stereocenters. The van der Waals surface area contributed by atoms with Gasteiger partial charge in [0.15, 0.2) is 5.69 Å². The number of aromatic amines is 1. The standard InChI is InChI=1S/C16H15N5O/c22-16(20-8-11-7-17-19-12(11)9-20)14-13-3-1-2-6-21(13)15(18-14)10-4-5-10/h1-3,6-7,10H,4-5,8-9H2,(H,17,19). The predicted molar refractivity (Wildman–Crippen MR) is 79.3 cm³/mol. The van der Waals surface area contributed by atoms with E-state index < -0.39 is 0 Å². The van der Waals surface area contributed by atoms with E-state index in [4.69, 9.17) is 0 Å². The molecule has 110 valence electrons. The number of hydrogen-bond donors (Lipinski definition) is 1. The van der Waals surface area contributed by atoms with E-state index in [2.05, 4.69) is 19.6 Å². The number of rotatable bonds is 2. The van der Waals surface area contributed by atoms with Gasteiger partial charge in [0.25, 0.3) is 5.91 Å². The summed E-state index contributed by atoms with van der Waals surface area (Å²) in [6, 6.07) is 5.92. The zero-order valence-electron chi connectivity index (χ0n) is 12.0. The Morgan fingerprint density at radius 3 is 3.00 bits per heavy atom. The van der Waals surface area contributed by atoms with Crippen LogP contribution in [0.2, 0.25) is 0 Å². The van der Waals surface area contributed by atoms with Crippen LogP contribution in [-0.2, 0) is 13.1 Å². The summed E-state index contributed by atoms with van der Waals surface area (Å²) in [5.74, 6) is 1.53. The van der Waals surface area contributed by atoms with Crippen LogP contribution in [0.1, 0.15) is 46.3 Å². The Morgan fingerprint density at radius 2 is 2.18 bits per heavy atom. The number of carbonyl (C=O) groups excluding carboxylic acids is 1. The second-order valence-corrected chi connectivity index (χ2v) is 6.08. The van der Waals surface area contributed by atoms with Crippen molar-refractivity contribution in [2.75, 3.05) is 0 Å². The molecule has 1 N–H and O–H groups in total. The van der Waals surface area contributed by atoms with Crippen LogP contribution in [0, 0.1) is 0 Å². The molecule has 1 fully saturated rings. The highest BCUT2D eigenvalue weighted by atomic mass is 16.2. The van der Waals surface area contributed by atoms with Crippen LogP contribution < -0.4 is 0 Å². The van der Waals surface area contributed by atoms with Crippen LogP contribution in [-0.4, -0.2) is 30.4 Å². The van der Waals surface area contributed by atoms with Gasteiger partial charge in [0.2, 0.25) is 0 Å². The third kappa shape index (κ3) is 1.63. The number of imidazole rings is 1. The number of amides is 1. The van der Waals surface area contributed by atoms with Crippen molar-refractivity contribution in [3.8, 4) is 0 Å². The van der Waals surface area contributed by atoms with E-state index in [1.807, 2.05) is 29.3 Å². The summed E-state index contributed by atoms with van der Waals surface area (Å²) >= 11 is 0. The molecule has 2 aliphatic rings. The van der Waals surface area contributed by atoms with Crippen molar-refractivity contribution in [1.29, 1.82) is 0 Å². The number of aromatic nitrogens is 4. The van der Waals surface area contributed by atoms with Crippen molar-refractivity contribution >= 4 is 11.4 Å². The van der Waals surface area contributed by atoms with Crippen molar-refractivity contribution in [3.05, 3.63) is 53.4 Å². The molecule has 1 aliphatic heterocycles. The maximum absolute atomic E-state index is 12.9. The molecular weight excluding hydrogens is 278 g/mol. The Hall–Kier alpha value is -2.63. The van der Waals surface area contributed by atoms with Gasteiger partial charge in [-0.15, -0.1) is 0 Å². The summed E-state index contributed by atoms with van der Waals surface area (Å²) in [7, 11) is 0. The van der Waals surface area contributed by atoms with Gasteiger partial charge in [0, 0.05) is 24.2 Å². The van der Waals surface area contributed by atoms with Crippen LogP contribution in [0.3, 0.4) is 0 Å². The monoisotopic (exact) mass is 293 g/mol. The largest absolute Gasteiger partial charge is 0.327 e. The third-order valence-corrected chi connectivity index (χ3v) is 4.53. The molecule has 6 heteroatoms. The first-order chi connectivity index (χ1) is 10.8. The van der Waals surface area contributed by atoms with Crippen LogP contribution >= 0.6 is 0 Å². The number of nitrogens with one attached hydrogen (secondary N) is 1. The molecule has 5 rings (SSSR count). The molecule has 4 heterocycles. The molecule has 0 bridgehead atoms. The van der Waals surface area contributed by atoms with Crippen molar-refractivity contribution in [2.45, 2.75) is 31.8 Å². The van der Waals surface area contributed by atoms with Crippen molar-refractivity contribution in [2.24, 2.45) is 0 Å². The maximum Gasteiger partial charge on any atom is 0.275 e. The van der Waals surface area contributed by atoms with Gasteiger partial charge in [0.1, 0.15) is 5.82 Å². The van der Waals surface area contributed by atoms with E-state index >= 15 is 0 Å². The average molecular weight is 293 g/mol. The summed E-state index contributed by atoms with van der Waals surface area (Å²) in [4.78, 5) is 19.4. The quantitative estimate of drug-likeness (QED) is 0.786. The average Bonchev–Trinajstić information content (AvgIpc) is 2.99. The molecule has 0 aromatic carbocycles. The molecule has 3 aromatic rings. The summed E-state index contributed by atoms with van der Waals surface area (Å²) < 4.78 is 2.07. The van der Waals surface area contributed by atoms with Crippen molar-refractivity contribution in [3.63, 3.8) is 0 Å². The number of fused-ring (bicyclic) bond motifs is 2. The molecule has 0 unspecified atom stereocenters. The lowest BCUT2D eigenvalue weighted by Crippen LogP contribution is -2.26. The Kier molecular flexibility index (Phi) is 2.28. The van der Waals surface area contributed by atoms with E-state index in [9.17, 15) is 4.79 Å². The van der Waals surface area contributed by atoms with Crippen molar-refractivity contribution in [1.82, 2.24) is 24.5 Å². The molecule has 0 radical (unpaired) electrons. The predicted octanol–water partition coefficient (Wildman–Crippen LogP) is 2.09. The van der Waals surface area contributed by atoms with E-state index in [1.165, 1.54) is 12.8 Å². The van der Waals surface area contributed by atoms with E-state index in [1.54, 1.807) is 6.20 Å². The van der Waals surface area contributed by atoms with Crippen LogP contribution in [0.25, 0.3) is 5.52 Å². The van der Waals surface area contributed by atoms with Gasteiger partial charge in [-0.3, -0.25) is 9.89 Å². The minimum atomic E-state index is 0.000185. The SMILES string of the molecule is O=C(c1nc(C2CC2)n2ccccc12)N1Cc2cn[nH]c2C1. The summed E-state index contributed by atoms with van der Waals surface area (Å²) in [6.45, 7) is 1.19. The second kappa shape index (κ2) is 4.19. The minimum Gasteiger partial charge on any atom is -0.327 e. The van der Waals surface area contributed by atoms with Gasteiger partial charge in [-0.1, -0.05) is 6.07 Å². The van der Waals surface area contributed by atoms with Crippen LogP contribution in [0.5, 0.6) is 0 Å². The Morgan fingerprint density at radius 1 is 1.27 bits per heavy atom. The Bertz CT molecular complexity index is 868. The van der Waals surface area contributed by atoms with Gasteiger partial charge >= 0.3 is 0 Å². The molecule has 22 heavy (non-hydrogen) atoms. The van der Waals surface area contributed by atoms with Gasteiger partial charge in [-0.05, 0) is 25.0 Å². The fraction of sp³-hybridized carbons (Fsp3) is 0.312. The van der Waals surface area contributed by atoms with Crippen molar-refractivity contribution < 1.29 is 4.79 Å². The molecule has 3 aromatic heterocycles. The highest BCUT2D eigenvalue weighted by Gasteiger charge is 2.33. The number of hydrogen-bond acceptors (Lipinski definition) is 3. The third-order valence-electron chi connectivity index (χ3n) is 4.53. The number of carbonyl (C=O) groups is 1. The van der Waals surface area contributed by atoms with Gasteiger partial charge in [0.05, 0.1) is 24.0 Å². The maximum atomic E-state index is 12.9. The number of nitrogens with zero attached hydrogens (tertiary/aromatic N) is 4. The highest BCUT2D eigenvalue weighted by molar-refractivity contribution is 5.99.